The Morgan fingerprint density at radius 2 is 2.42 bits per heavy atom. The Balaban J connectivity index is 2.20. The van der Waals surface area contributed by atoms with Crippen LogP contribution >= 0.6 is 0 Å². The van der Waals surface area contributed by atoms with Gasteiger partial charge in [-0.2, -0.15) is 0 Å². The Bertz CT molecular complexity index is 198. The Morgan fingerprint density at radius 1 is 1.75 bits per heavy atom. The molecule has 0 saturated carbocycles. The van der Waals surface area contributed by atoms with E-state index in [1.54, 1.807) is 6.08 Å². The second-order valence-electron chi connectivity index (χ2n) is 3.48. The largest absolute Gasteiger partial charge is 0.393 e. The fraction of sp³-hybridized carbons (Fsp3) is 0.600. The molecule has 1 N–H and O–H groups in total. The number of aliphatic hydroxyl groups excluding tert-OH is 1. The minimum atomic E-state index is -0.276. The first-order valence-electron chi connectivity index (χ1n) is 4.21. The number of aliphatic hydroxyl groups is 1. The van der Waals surface area contributed by atoms with Gasteiger partial charge in [-0.05, 0) is 19.8 Å². The van der Waals surface area contributed by atoms with Crippen molar-refractivity contribution in [3.05, 3.63) is 24.8 Å². The molecule has 1 aliphatic rings. The quantitative estimate of drug-likeness (QED) is 0.500. The van der Waals surface area contributed by atoms with E-state index in [-0.39, 0.29) is 18.3 Å². The zero-order valence-electron chi connectivity index (χ0n) is 7.55. The third-order valence-corrected chi connectivity index (χ3v) is 2.37. The SMILES string of the molecule is C=CC(=C)CC[C@@H]1O[C@@]1(C)CO. The predicted molar refractivity (Wildman–Crippen MR) is 48.9 cm³/mol. The van der Waals surface area contributed by atoms with Gasteiger partial charge in [-0.1, -0.05) is 24.8 Å². The fourth-order valence-corrected chi connectivity index (χ4v) is 1.21. The highest BCUT2D eigenvalue weighted by molar-refractivity contribution is 5.12. The highest BCUT2D eigenvalue weighted by Gasteiger charge is 2.50. The summed E-state index contributed by atoms with van der Waals surface area (Å²) >= 11 is 0. The van der Waals surface area contributed by atoms with Gasteiger partial charge in [0.2, 0.25) is 0 Å². The van der Waals surface area contributed by atoms with E-state index in [9.17, 15) is 0 Å². The number of hydrogen-bond donors (Lipinski definition) is 1. The first kappa shape index (κ1) is 9.49. The van der Waals surface area contributed by atoms with E-state index in [2.05, 4.69) is 13.2 Å². The summed E-state index contributed by atoms with van der Waals surface area (Å²) in [6.07, 6.45) is 3.81. The molecule has 0 bridgehead atoms. The van der Waals surface area contributed by atoms with Crippen LogP contribution in [0.3, 0.4) is 0 Å². The number of epoxide rings is 1. The molecule has 1 heterocycles. The Kier molecular flexibility index (Phi) is 2.70. The van der Waals surface area contributed by atoms with Crippen molar-refractivity contribution in [2.75, 3.05) is 6.61 Å². The van der Waals surface area contributed by atoms with E-state index in [1.165, 1.54) is 0 Å². The molecule has 12 heavy (non-hydrogen) atoms. The zero-order chi connectivity index (χ0) is 9.19. The molecule has 1 rings (SSSR count). The van der Waals surface area contributed by atoms with Crippen LogP contribution in [0.5, 0.6) is 0 Å². The van der Waals surface area contributed by atoms with Gasteiger partial charge in [-0.25, -0.2) is 0 Å². The molecule has 0 aliphatic carbocycles. The van der Waals surface area contributed by atoms with Crippen molar-refractivity contribution in [3.63, 3.8) is 0 Å². The van der Waals surface area contributed by atoms with E-state index in [1.807, 2.05) is 6.92 Å². The highest BCUT2D eigenvalue weighted by Crippen LogP contribution is 2.39. The van der Waals surface area contributed by atoms with Crippen LogP contribution in [0.15, 0.2) is 24.8 Å². The molecule has 0 aromatic carbocycles. The number of hydrogen-bond acceptors (Lipinski definition) is 2. The van der Waals surface area contributed by atoms with E-state index in [4.69, 9.17) is 9.84 Å². The monoisotopic (exact) mass is 168 g/mol. The molecule has 1 saturated heterocycles. The van der Waals surface area contributed by atoms with Crippen LogP contribution in [0.25, 0.3) is 0 Å². The van der Waals surface area contributed by atoms with Gasteiger partial charge in [-0.15, -0.1) is 0 Å². The van der Waals surface area contributed by atoms with Gasteiger partial charge in [0.15, 0.2) is 0 Å². The van der Waals surface area contributed by atoms with Gasteiger partial charge >= 0.3 is 0 Å². The first-order chi connectivity index (χ1) is 5.62. The molecular formula is C10H16O2. The normalized spacial score (nSPS) is 33.0. The molecular weight excluding hydrogens is 152 g/mol. The van der Waals surface area contributed by atoms with Crippen molar-refractivity contribution in [1.82, 2.24) is 0 Å². The lowest BCUT2D eigenvalue weighted by Crippen LogP contribution is -2.14. The minimum absolute atomic E-state index is 0.109. The fourth-order valence-electron chi connectivity index (χ4n) is 1.21. The maximum Gasteiger partial charge on any atom is 0.115 e. The number of rotatable bonds is 5. The first-order valence-corrected chi connectivity index (χ1v) is 4.21. The Morgan fingerprint density at radius 3 is 2.83 bits per heavy atom. The summed E-state index contributed by atoms with van der Waals surface area (Å²) in [6.45, 7) is 9.47. The second-order valence-corrected chi connectivity index (χ2v) is 3.48. The van der Waals surface area contributed by atoms with Crippen molar-refractivity contribution >= 4 is 0 Å². The Hall–Kier alpha value is -0.600. The lowest BCUT2D eigenvalue weighted by molar-refractivity contribution is 0.184. The maximum atomic E-state index is 8.89. The average Bonchev–Trinajstić information content (AvgIpc) is 2.74. The van der Waals surface area contributed by atoms with E-state index < -0.39 is 0 Å². The summed E-state index contributed by atoms with van der Waals surface area (Å²) < 4.78 is 5.32. The molecule has 0 unspecified atom stereocenters. The molecule has 1 aliphatic heterocycles. The molecule has 0 aromatic heterocycles. The molecule has 0 spiro atoms. The van der Waals surface area contributed by atoms with Crippen molar-refractivity contribution in [3.8, 4) is 0 Å². The van der Waals surface area contributed by atoms with Crippen molar-refractivity contribution in [1.29, 1.82) is 0 Å². The van der Waals surface area contributed by atoms with Crippen LogP contribution in [0.2, 0.25) is 0 Å². The van der Waals surface area contributed by atoms with E-state index in [0.717, 1.165) is 18.4 Å². The average molecular weight is 168 g/mol. The van der Waals surface area contributed by atoms with Gasteiger partial charge in [0.1, 0.15) is 5.60 Å². The summed E-state index contributed by atoms with van der Waals surface area (Å²) in [5, 5.41) is 8.89. The van der Waals surface area contributed by atoms with Crippen LogP contribution in [0.1, 0.15) is 19.8 Å². The van der Waals surface area contributed by atoms with Crippen LogP contribution in [-0.2, 0) is 4.74 Å². The molecule has 1 fully saturated rings. The third-order valence-electron chi connectivity index (χ3n) is 2.37. The highest BCUT2D eigenvalue weighted by atomic mass is 16.6. The van der Waals surface area contributed by atoms with Gasteiger partial charge in [0.25, 0.3) is 0 Å². The lowest BCUT2D eigenvalue weighted by Gasteiger charge is -2.00. The van der Waals surface area contributed by atoms with Gasteiger partial charge < -0.3 is 9.84 Å². The molecule has 2 nitrogen and oxygen atoms in total. The molecule has 0 amide bonds. The van der Waals surface area contributed by atoms with E-state index in [0.29, 0.717) is 0 Å². The van der Waals surface area contributed by atoms with Crippen molar-refractivity contribution in [2.24, 2.45) is 0 Å². The lowest BCUT2D eigenvalue weighted by atomic mass is 10.0. The maximum absolute atomic E-state index is 8.89. The summed E-state index contributed by atoms with van der Waals surface area (Å²) in [5.74, 6) is 0. The number of ether oxygens (including phenoxy) is 1. The van der Waals surface area contributed by atoms with Gasteiger partial charge in [0.05, 0.1) is 12.7 Å². The van der Waals surface area contributed by atoms with Crippen LogP contribution in [-0.4, -0.2) is 23.4 Å². The zero-order valence-corrected chi connectivity index (χ0v) is 7.55. The van der Waals surface area contributed by atoms with Crippen LogP contribution in [0, 0.1) is 0 Å². The topological polar surface area (TPSA) is 32.8 Å². The van der Waals surface area contributed by atoms with E-state index >= 15 is 0 Å². The van der Waals surface area contributed by atoms with Gasteiger partial charge in [-0.3, -0.25) is 0 Å². The third kappa shape index (κ3) is 1.96. The van der Waals surface area contributed by atoms with Crippen molar-refractivity contribution < 1.29 is 9.84 Å². The summed E-state index contributed by atoms with van der Waals surface area (Å²) in [7, 11) is 0. The molecule has 0 aromatic rings. The molecule has 68 valence electrons. The summed E-state index contributed by atoms with van der Waals surface area (Å²) in [4.78, 5) is 0. The van der Waals surface area contributed by atoms with Gasteiger partial charge in [0, 0.05) is 0 Å². The van der Waals surface area contributed by atoms with Crippen LogP contribution < -0.4 is 0 Å². The number of allylic oxidation sites excluding steroid dienone is 2. The predicted octanol–water partition coefficient (Wildman–Crippen LogP) is 1.66. The molecule has 2 heteroatoms. The minimum Gasteiger partial charge on any atom is -0.393 e. The summed E-state index contributed by atoms with van der Waals surface area (Å²) in [5.41, 5.74) is 0.757. The smallest absolute Gasteiger partial charge is 0.115 e. The molecule has 2 atom stereocenters. The van der Waals surface area contributed by atoms with Crippen molar-refractivity contribution in [2.45, 2.75) is 31.5 Å². The standard InChI is InChI=1S/C10H16O2/c1-4-8(2)5-6-9-10(3,7-11)12-9/h4,9,11H,1-2,5-7H2,3H3/t9-,10-/m0/s1. The molecule has 0 radical (unpaired) electrons. The summed E-state index contributed by atoms with van der Waals surface area (Å²) in [6, 6.07) is 0. The second kappa shape index (κ2) is 3.42. The Labute approximate surface area is 73.5 Å². The van der Waals surface area contributed by atoms with Crippen LogP contribution in [0.4, 0.5) is 0 Å².